The summed E-state index contributed by atoms with van der Waals surface area (Å²) in [5, 5.41) is 19.9. The first-order valence-electron chi connectivity index (χ1n) is 10.6. The molecule has 7 heteroatoms. The molecule has 0 amide bonds. The SMILES string of the molecule is COC(=CCCOc1ccccc1)[C@@H]1[C@@H](CC(=O)O)[C@@H](O)C[C@H]1OC(=O)c1ccccc1. The number of carbonyl (C=O) groups is 2. The van der Waals surface area contributed by atoms with Crippen molar-refractivity contribution in [3.8, 4) is 5.75 Å². The van der Waals surface area contributed by atoms with Gasteiger partial charge in [-0.1, -0.05) is 36.4 Å². The molecule has 1 aliphatic rings. The van der Waals surface area contributed by atoms with Gasteiger partial charge in [0.15, 0.2) is 0 Å². The van der Waals surface area contributed by atoms with Gasteiger partial charge < -0.3 is 24.4 Å². The summed E-state index contributed by atoms with van der Waals surface area (Å²) < 4.78 is 17.0. The van der Waals surface area contributed by atoms with E-state index < -0.39 is 36.0 Å². The van der Waals surface area contributed by atoms with Gasteiger partial charge in [0.05, 0.1) is 43.5 Å². The van der Waals surface area contributed by atoms with Crippen molar-refractivity contribution in [2.45, 2.75) is 31.5 Å². The van der Waals surface area contributed by atoms with Crippen LogP contribution in [0.4, 0.5) is 0 Å². The average molecular weight is 440 g/mol. The molecule has 4 atom stereocenters. The molecule has 0 unspecified atom stereocenters. The third kappa shape index (κ3) is 6.11. The third-order valence-electron chi connectivity index (χ3n) is 5.55. The summed E-state index contributed by atoms with van der Waals surface area (Å²) in [4.78, 5) is 24.0. The Bertz CT molecular complexity index is 910. The quantitative estimate of drug-likeness (QED) is 0.330. The van der Waals surface area contributed by atoms with Crippen LogP contribution in [0.3, 0.4) is 0 Å². The normalized spacial score (nSPS) is 22.9. The first-order chi connectivity index (χ1) is 15.5. The molecule has 0 saturated heterocycles. The molecule has 0 heterocycles. The highest BCUT2D eigenvalue weighted by Crippen LogP contribution is 2.42. The molecule has 0 aromatic heterocycles. The van der Waals surface area contributed by atoms with Crippen LogP contribution in [-0.4, -0.2) is 48.1 Å². The fraction of sp³-hybridized carbons (Fsp3) is 0.360. The van der Waals surface area contributed by atoms with Crippen LogP contribution in [0.2, 0.25) is 0 Å². The Hall–Kier alpha value is -3.32. The van der Waals surface area contributed by atoms with Crippen LogP contribution in [0.5, 0.6) is 5.75 Å². The zero-order valence-corrected chi connectivity index (χ0v) is 17.9. The lowest BCUT2D eigenvalue weighted by molar-refractivity contribution is -0.139. The van der Waals surface area contributed by atoms with Gasteiger partial charge in [-0.3, -0.25) is 4.79 Å². The van der Waals surface area contributed by atoms with Crippen LogP contribution in [-0.2, 0) is 14.3 Å². The van der Waals surface area contributed by atoms with Gasteiger partial charge in [-0.2, -0.15) is 0 Å². The first-order valence-corrected chi connectivity index (χ1v) is 10.6. The molecule has 0 aliphatic heterocycles. The van der Waals surface area contributed by atoms with Crippen LogP contribution in [0.15, 0.2) is 72.5 Å². The fourth-order valence-corrected chi connectivity index (χ4v) is 4.08. The minimum Gasteiger partial charge on any atom is -0.501 e. The second-order valence-corrected chi connectivity index (χ2v) is 7.66. The summed E-state index contributed by atoms with van der Waals surface area (Å²) in [5.41, 5.74) is 0.390. The summed E-state index contributed by atoms with van der Waals surface area (Å²) in [5.74, 6) is -1.54. The minimum atomic E-state index is -1.03. The van der Waals surface area contributed by atoms with Gasteiger partial charge >= 0.3 is 11.9 Å². The molecule has 3 rings (SSSR count). The number of carbonyl (C=O) groups excluding carboxylic acids is 1. The highest BCUT2D eigenvalue weighted by Gasteiger charge is 2.48. The van der Waals surface area contributed by atoms with Crippen LogP contribution in [0.1, 0.15) is 29.6 Å². The average Bonchev–Trinajstić information content (AvgIpc) is 3.09. The van der Waals surface area contributed by atoms with E-state index in [0.717, 1.165) is 5.75 Å². The van der Waals surface area contributed by atoms with Crippen molar-refractivity contribution in [2.75, 3.05) is 13.7 Å². The Morgan fingerprint density at radius 1 is 1.06 bits per heavy atom. The number of aliphatic hydroxyl groups excluding tert-OH is 1. The Morgan fingerprint density at radius 2 is 1.72 bits per heavy atom. The number of esters is 1. The summed E-state index contributed by atoms with van der Waals surface area (Å²) in [6.07, 6.45) is 0.565. The highest BCUT2D eigenvalue weighted by molar-refractivity contribution is 5.89. The largest absolute Gasteiger partial charge is 0.501 e. The van der Waals surface area contributed by atoms with E-state index in [1.54, 1.807) is 30.3 Å². The van der Waals surface area contributed by atoms with E-state index in [9.17, 15) is 19.8 Å². The Morgan fingerprint density at radius 3 is 2.34 bits per heavy atom. The number of para-hydroxylation sites is 1. The van der Waals surface area contributed by atoms with E-state index in [2.05, 4.69) is 0 Å². The zero-order chi connectivity index (χ0) is 22.9. The number of methoxy groups -OCH3 is 1. The molecule has 1 saturated carbocycles. The highest BCUT2D eigenvalue weighted by atomic mass is 16.5. The van der Waals surface area contributed by atoms with Gasteiger partial charge in [-0.25, -0.2) is 4.79 Å². The molecule has 1 fully saturated rings. The number of benzene rings is 2. The van der Waals surface area contributed by atoms with E-state index in [0.29, 0.717) is 24.4 Å². The number of carboxylic acid groups (broad SMARTS) is 1. The topological polar surface area (TPSA) is 102 Å². The number of hydrogen-bond acceptors (Lipinski definition) is 6. The predicted octanol–water partition coefficient (Wildman–Crippen LogP) is 3.68. The van der Waals surface area contributed by atoms with Crippen LogP contribution >= 0.6 is 0 Å². The predicted molar refractivity (Wildman–Crippen MR) is 117 cm³/mol. The van der Waals surface area contributed by atoms with Crippen molar-refractivity contribution in [1.82, 2.24) is 0 Å². The molecule has 2 aromatic rings. The second kappa shape index (κ2) is 11.3. The van der Waals surface area contributed by atoms with E-state index in [-0.39, 0.29) is 12.8 Å². The summed E-state index contributed by atoms with van der Waals surface area (Å²) in [7, 11) is 1.49. The van der Waals surface area contributed by atoms with E-state index in [1.165, 1.54) is 7.11 Å². The molecule has 0 bridgehead atoms. The van der Waals surface area contributed by atoms with Crippen molar-refractivity contribution >= 4 is 11.9 Å². The standard InChI is InChI=1S/C25H28O7/c1-30-21(13-8-14-31-18-11-6-3-7-12-18)24-19(15-23(27)28)20(26)16-22(24)32-25(29)17-9-4-2-5-10-17/h2-7,9-13,19-20,22,24,26H,8,14-16H2,1H3,(H,27,28)/t19-,20-,22+,24-/m0/s1. The van der Waals surface area contributed by atoms with Gasteiger partial charge in [-0.15, -0.1) is 0 Å². The number of hydrogen-bond donors (Lipinski definition) is 2. The maximum absolute atomic E-state index is 12.6. The maximum Gasteiger partial charge on any atom is 0.338 e. The summed E-state index contributed by atoms with van der Waals surface area (Å²) in [6.45, 7) is 0.393. The molecule has 0 spiro atoms. The number of aliphatic carboxylic acids is 1. The van der Waals surface area contributed by atoms with E-state index >= 15 is 0 Å². The lowest BCUT2D eigenvalue weighted by Gasteiger charge is -2.26. The van der Waals surface area contributed by atoms with Gasteiger partial charge in [0.25, 0.3) is 0 Å². The minimum absolute atomic E-state index is 0.141. The Labute approximate surface area is 187 Å². The zero-order valence-electron chi connectivity index (χ0n) is 17.9. The van der Waals surface area contributed by atoms with Crippen molar-refractivity contribution < 1.29 is 34.0 Å². The number of carboxylic acids is 1. The number of aliphatic hydroxyl groups is 1. The number of rotatable bonds is 10. The third-order valence-corrected chi connectivity index (χ3v) is 5.55. The maximum atomic E-state index is 12.6. The number of ether oxygens (including phenoxy) is 3. The molecule has 1 aliphatic carbocycles. The van der Waals surface area contributed by atoms with Crippen LogP contribution in [0.25, 0.3) is 0 Å². The monoisotopic (exact) mass is 440 g/mol. The molecule has 0 radical (unpaired) electrons. The van der Waals surface area contributed by atoms with Crippen molar-refractivity contribution in [1.29, 1.82) is 0 Å². The molecule has 170 valence electrons. The summed E-state index contributed by atoms with van der Waals surface area (Å²) in [6, 6.07) is 17.9. The summed E-state index contributed by atoms with van der Waals surface area (Å²) >= 11 is 0. The molecule has 2 N–H and O–H groups in total. The van der Waals surface area contributed by atoms with Gasteiger partial charge in [0.2, 0.25) is 0 Å². The van der Waals surface area contributed by atoms with E-state index in [1.807, 2.05) is 36.4 Å². The Balaban J connectivity index is 1.74. The fourth-order valence-electron chi connectivity index (χ4n) is 4.08. The smallest absolute Gasteiger partial charge is 0.338 e. The van der Waals surface area contributed by atoms with Crippen molar-refractivity contribution in [3.05, 3.63) is 78.1 Å². The molecular formula is C25H28O7. The molecule has 2 aromatic carbocycles. The lowest BCUT2D eigenvalue weighted by atomic mass is 9.88. The van der Waals surface area contributed by atoms with Crippen molar-refractivity contribution in [3.63, 3.8) is 0 Å². The first kappa shape index (κ1) is 23.3. The van der Waals surface area contributed by atoms with Gasteiger partial charge in [0, 0.05) is 18.8 Å². The van der Waals surface area contributed by atoms with Crippen LogP contribution < -0.4 is 4.74 Å². The van der Waals surface area contributed by atoms with E-state index in [4.69, 9.17) is 14.2 Å². The molecule has 32 heavy (non-hydrogen) atoms. The molecular weight excluding hydrogens is 412 g/mol. The van der Waals surface area contributed by atoms with Crippen LogP contribution in [0, 0.1) is 11.8 Å². The molecule has 7 nitrogen and oxygen atoms in total. The van der Waals surface area contributed by atoms with Gasteiger partial charge in [0.1, 0.15) is 11.9 Å². The lowest BCUT2D eigenvalue weighted by Crippen LogP contribution is -2.30. The Kier molecular flexibility index (Phi) is 8.27. The van der Waals surface area contributed by atoms with Gasteiger partial charge in [-0.05, 0) is 30.3 Å². The second-order valence-electron chi connectivity index (χ2n) is 7.66. The van der Waals surface area contributed by atoms with Crippen molar-refractivity contribution in [2.24, 2.45) is 11.8 Å².